The van der Waals surface area contributed by atoms with Crippen LogP contribution >= 0.6 is 24.0 Å². The molecular weight excluding hydrogens is 316 g/mol. The topological polar surface area (TPSA) is 0 Å². The van der Waals surface area contributed by atoms with Crippen LogP contribution in [0.15, 0.2) is 36.7 Å². The molecule has 0 nitrogen and oxygen atoms in total. The molecular formula is C21H22S2. The van der Waals surface area contributed by atoms with Crippen molar-refractivity contribution >= 4 is 55.8 Å². The molecule has 23 heavy (non-hydrogen) atoms. The summed E-state index contributed by atoms with van der Waals surface area (Å²) in [6, 6.07) is 6.79. The Labute approximate surface area is 147 Å². The number of benzene rings is 2. The molecule has 2 aromatic carbocycles. The summed E-state index contributed by atoms with van der Waals surface area (Å²) >= 11 is 6.37. The van der Waals surface area contributed by atoms with Gasteiger partial charge in [-0.15, -0.1) is 24.0 Å². The van der Waals surface area contributed by atoms with E-state index in [1.165, 1.54) is 37.5 Å². The van der Waals surface area contributed by atoms with E-state index in [2.05, 4.69) is 77.1 Å². The first-order chi connectivity index (χ1) is 10.8. The van der Waals surface area contributed by atoms with Crippen LogP contribution < -0.4 is 0 Å². The highest BCUT2D eigenvalue weighted by Gasteiger charge is 2.20. The average molecular weight is 339 g/mol. The molecule has 3 rings (SSSR count). The van der Waals surface area contributed by atoms with Crippen LogP contribution in [0.2, 0.25) is 0 Å². The summed E-state index contributed by atoms with van der Waals surface area (Å²) in [5.41, 5.74) is 5.00. The van der Waals surface area contributed by atoms with Gasteiger partial charge >= 0.3 is 0 Å². The molecule has 0 spiro atoms. The number of thiophene rings is 1. The van der Waals surface area contributed by atoms with Gasteiger partial charge < -0.3 is 0 Å². The maximum atomic E-state index is 4.58. The van der Waals surface area contributed by atoms with Crippen molar-refractivity contribution in [3.8, 4) is 0 Å². The highest BCUT2D eigenvalue weighted by atomic mass is 32.1. The van der Waals surface area contributed by atoms with E-state index < -0.39 is 0 Å². The van der Waals surface area contributed by atoms with Crippen LogP contribution in [-0.2, 0) is 5.41 Å². The van der Waals surface area contributed by atoms with Crippen molar-refractivity contribution in [2.45, 2.75) is 33.1 Å². The standard InChI is InChI=1S/C21H22S2/c1-7-15-12(2)19-17(13(3)22)10-14(21(4,5)6)11-18(19)20-16(15)8-9-23-20/h7-11,22H,1,3H2,2,4-6H3. The van der Waals surface area contributed by atoms with Crippen LogP contribution in [0, 0.1) is 6.92 Å². The van der Waals surface area contributed by atoms with Gasteiger partial charge in [0.2, 0.25) is 0 Å². The van der Waals surface area contributed by atoms with Gasteiger partial charge in [-0.05, 0) is 63.6 Å². The summed E-state index contributed by atoms with van der Waals surface area (Å²) in [4.78, 5) is 0.815. The van der Waals surface area contributed by atoms with Crippen molar-refractivity contribution in [3.05, 3.63) is 59.0 Å². The lowest BCUT2D eigenvalue weighted by atomic mass is 9.82. The summed E-state index contributed by atoms with van der Waals surface area (Å²) in [5, 5.41) is 6.01. The summed E-state index contributed by atoms with van der Waals surface area (Å²) in [6.45, 7) is 17.0. The van der Waals surface area contributed by atoms with Crippen LogP contribution in [-0.4, -0.2) is 0 Å². The molecule has 0 unspecified atom stereocenters. The van der Waals surface area contributed by atoms with Gasteiger partial charge in [-0.3, -0.25) is 0 Å². The molecule has 0 fully saturated rings. The second kappa shape index (κ2) is 5.54. The largest absolute Gasteiger partial charge is 0.143 e. The van der Waals surface area contributed by atoms with Gasteiger partial charge in [-0.25, -0.2) is 0 Å². The second-order valence-electron chi connectivity index (χ2n) is 7.05. The van der Waals surface area contributed by atoms with Crippen LogP contribution in [0.1, 0.15) is 43.0 Å². The highest BCUT2D eigenvalue weighted by molar-refractivity contribution is 7.90. The quantitative estimate of drug-likeness (QED) is 0.469. The molecule has 0 saturated heterocycles. The number of thiol groups is 1. The lowest BCUT2D eigenvalue weighted by molar-refractivity contribution is 0.591. The number of fused-ring (bicyclic) bond motifs is 3. The number of hydrogen-bond acceptors (Lipinski definition) is 2. The van der Waals surface area contributed by atoms with E-state index in [1.54, 1.807) is 11.3 Å². The second-order valence-corrected chi connectivity index (χ2v) is 8.51. The van der Waals surface area contributed by atoms with Crippen molar-refractivity contribution in [2.24, 2.45) is 0 Å². The predicted molar refractivity (Wildman–Crippen MR) is 111 cm³/mol. The fourth-order valence-corrected chi connectivity index (χ4v) is 4.32. The van der Waals surface area contributed by atoms with E-state index in [0.717, 1.165) is 10.5 Å². The zero-order valence-electron chi connectivity index (χ0n) is 14.2. The van der Waals surface area contributed by atoms with Gasteiger partial charge in [-0.1, -0.05) is 40.0 Å². The lowest BCUT2D eigenvalue weighted by Crippen LogP contribution is -2.11. The Morgan fingerprint density at radius 2 is 1.91 bits per heavy atom. The first-order valence-corrected chi connectivity index (χ1v) is 9.07. The third kappa shape index (κ3) is 2.54. The fraction of sp³-hybridized carbons (Fsp3) is 0.238. The van der Waals surface area contributed by atoms with Crippen LogP contribution in [0.4, 0.5) is 0 Å². The van der Waals surface area contributed by atoms with Crippen LogP contribution in [0.5, 0.6) is 0 Å². The molecule has 0 aliphatic carbocycles. The predicted octanol–water partition coefficient (Wildman–Crippen LogP) is 7.20. The summed E-state index contributed by atoms with van der Waals surface area (Å²) in [6.07, 6.45) is 1.96. The van der Waals surface area contributed by atoms with Gasteiger partial charge in [0.1, 0.15) is 0 Å². The molecule has 0 amide bonds. The average Bonchev–Trinajstić information content (AvgIpc) is 2.95. The summed E-state index contributed by atoms with van der Waals surface area (Å²) in [7, 11) is 0. The van der Waals surface area contributed by atoms with E-state index in [9.17, 15) is 0 Å². The zero-order chi connectivity index (χ0) is 16.9. The molecule has 1 heterocycles. The van der Waals surface area contributed by atoms with E-state index in [0.29, 0.717) is 0 Å². The third-order valence-electron chi connectivity index (χ3n) is 4.50. The lowest BCUT2D eigenvalue weighted by Gasteiger charge is -2.23. The van der Waals surface area contributed by atoms with Gasteiger partial charge in [0, 0.05) is 20.4 Å². The number of rotatable bonds is 2. The Balaban J connectivity index is 2.62. The van der Waals surface area contributed by atoms with Crippen molar-refractivity contribution in [1.82, 2.24) is 0 Å². The Morgan fingerprint density at radius 1 is 1.22 bits per heavy atom. The number of hydrogen-bond donors (Lipinski definition) is 1. The van der Waals surface area contributed by atoms with E-state index >= 15 is 0 Å². The van der Waals surface area contributed by atoms with Crippen molar-refractivity contribution < 1.29 is 0 Å². The molecule has 3 aromatic rings. The Morgan fingerprint density at radius 3 is 2.48 bits per heavy atom. The maximum Gasteiger partial charge on any atom is 0.0427 e. The molecule has 118 valence electrons. The van der Waals surface area contributed by atoms with Gasteiger partial charge in [-0.2, -0.15) is 0 Å². The van der Waals surface area contributed by atoms with Crippen molar-refractivity contribution in [1.29, 1.82) is 0 Å². The minimum Gasteiger partial charge on any atom is -0.143 e. The van der Waals surface area contributed by atoms with E-state index in [4.69, 9.17) is 0 Å². The SMILES string of the molecule is C=Cc1c(C)c2c(C(=C)S)cc(C(C)(C)C)cc2c2sccc12. The van der Waals surface area contributed by atoms with E-state index in [-0.39, 0.29) is 5.41 Å². The normalized spacial score (nSPS) is 12.0. The summed E-state index contributed by atoms with van der Waals surface area (Å²) in [5.74, 6) is 0. The molecule has 1 aromatic heterocycles. The first-order valence-electron chi connectivity index (χ1n) is 7.74. The Bertz CT molecular complexity index is 950. The molecule has 0 atom stereocenters. The Kier molecular flexibility index (Phi) is 3.94. The van der Waals surface area contributed by atoms with Gasteiger partial charge in [0.15, 0.2) is 0 Å². The monoisotopic (exact) mass is 338 g/mol. The van der Waals surface area contributed by atoms with Crippen LogP contribution in [0.3, 0.4) is 0 Å². The van der Waals surface area contributed by atoms with Crippen molar-refractivity contribution in [2.75, 3.05) is 0 Å². The van der Waals surface area contributed by atoms with Gasteiger partial charge in [0.25, 0.3) is 0 Å². The highest BCUT2D eigenvalue weighted by Crippen LogP contribution is 2.42. The molecule has 0 saturated carbocycles. The smallest absolute Gasteiger partial charge is 0.0427 e. The maximum absolute atomic E-state index is 4.58. The van der Waals surface area contributed by atoms with Gasteiger partial charge in [0.05, 0.1) is 0 Å². The molecule has 0 aliphatic heterocycles. The minimum absolute atomic E-state index is 0.0841. The number of aryl methyl sites for hydroxylation is 1. The third-order valence-corrected chi connectivity index (χ3v) is 5.69. The zero-order valence-corrected chi connectivity index (χ0v) is 15.9. The molecule has 0 bridgehead atoms. The molecule has 0 aliphatic rings. The fourth-order valence-electron chi connectivity index (χ4n) is 3.22. The first kappa shape index (κ1) is 16.4. The molecule has 2 heteroatoms. The van der Waals surface area contributed by atoms with Crippen LogP contribution in [0.25, 0.3) is 31.8 Å². The Hall–Kier alpha value is -1.51. The molecule has 0 N–H and O–H groups in total. The molecule has 0 radical (unpaired) electrons. The van der Waals surface area contributed by atoms with Crippen molar-refractivity contribution in [3.63, 3.8) is 0 Å². The van der Waals surface area contributed by atoms with E-state index in [1.807, 2.05) is 6.08 Å². The minimum atomic E-state index is 0.0841. The summed E-state index contributed by atoms with van der Waals surface area (Å²) < 4.78 is 1.32.